The maximum absolute atomic E-state index is 12.9. The molecule has 7 nitrogen and oxygen atoms in total. The highest BCUT2D eigenvalue weighted by molar-refractivity contribution is 7.99. The summed E-state index contributed by atoms with van der Waals surface area (Å²) < 4.78 is 25.8. The molecule has 0 fully saturated rings. The van der Waals surface area contributed by atoms with E-state index in [0.717, 1.165) is 59.6 Å². The Hall–Kier alpha value is -2.91. The van der Waals surface area contributed by atoms with Crippen molar-refractivity contribution in [3.63, 3.8) is 0 Å². The van der Waals surface area contributed by atoms with Crippen molar-refractivity contribution in [2.45, 2.75) is 55.0 Å². The van der Waals surface area contributed by atoms with Gasteiger partial charge in [-0.3, -0.25) is 9.59 Å². The number of nitrogens with zero attached hydrogens (tertiary/aromatic N) is 1. The normalized spacial score (nSPS) is 11.4. The number of carbonyl (C=O) groups is 1. The fraction of sp³-hybridized carbons (Fsp3) is 0.292. The molecule has 0 unspecified atom stereocenters. The third-order valence-corrected chi connectivity index (χ3v) is 7.74. The lowest BCUT2D eigenvalue weighted by Crippen LogP contribution is -2.20. The minimum absolute atomic E-state index is 0.0155. The molecule has 0 saturated heterocycles. The number of aromatic nitrogens is 2. The topological polar surface area (TPSA) is 109 Å². The summed E-state index contributed by atoms with van der Waals surface area (Å²) in [4.78, 5) is 30.9. The van der Waals surface area contributed by atoms with Crippen molar-refractivity contribution >= 4 is 33.2 Å². The van der Waals surface area contributed by atoms with Crippen LogP contribution in [0.15, 0.2) is 68.4 Å². The number of hydrogen-bond acceptors (Lipinski definition) is 6. The minimum atomic E-state index is -4.00. The molecule has 0 aliphatic carbocycles. The number of aryl methyl sites for hydroxylation is 3. The maximum Gasteiger partial charge on any atom is 0.270 e. The van der Waals surface area contributed by atoms with E-state index >= 15 is 0 Å². The predicted molar refractivity (Wildman–Crippen MR) is 131 cm³/mol. The van der Waals surface area contributed by atoms with Crippen LogP contribution in [0.5, 0.6) is 0 Å². The summed E-state index contributed by atoms with van der Waals surface area (Å²) >= 11 is 1.02. The molecule has 0 bridgehead atoms. The van der Waals surface area contributed by atoms with Gasteiger partial charge in [-0.15, -0.1) is 0 Å². The Labute approximate surface area is 198 Å². The quantitative estimate of drug-likeness (QED) is 0.346. The Morgan fingerprint density at radius 3 is 2.52 bits per heavy atom. The van der Waals surface area contributed by atoms with Gasteiger partial charge in [-0.2, -0.15) is 0 Å². The van der Waals surface area contributed by atoms with E-state index in [1.807, 2.05) is 32.0 Å². The molecule has 33 heavy (non-hydrogen) atoms. The van der Waals surface area contributed by atoms with E-state index in [4.69, 9.17) is 0 Å². The van der Waals surface area contributed by atoms with E-state index in [-0.39, 0.29) is 21.7 Å². The monoisotopic (exact) mass is 485 g/mol. The molecule has 1 amide bonds. The smallest absolute Gasteiger partial charge is 0.270 e. The van der Waals surface area contributed by atoms with E-state index in [1.54, 1.807) is 12.1 Å². The number of thioether (sulfide) groups is 1. The number of carbonyl (C=O) groups excluding carboxylic acids is 1. The van der Waals surface area contributed by atoms with Crippen molar-refractivity contribution in [2.24, 2.45) is 0 Å². The van der Waals surface area contributed by atoms with Gasteiger partial charge in [0.15, 0.2) is 10.1 Å². The van der Waals surface area contributed by atoms with Gasteiger partial charge < -0.3 is 10.3 Å². The van der Waals surface area contributed by atoms with Gasteiger partial charge in [0.1, 0.15) is 0 Å². The van der Waals surface area contributed by atoms with Crippen LogP contribution < -0.4 is 10.9 Å². The standard InChI is InChI=1S/C24H27N3O4S2/c1-4-5-6-18-9-11-19(12-10-18)33(30,31)21-14-25-24(27-23(21)29)32-15-22(28)26-20-13-16(2)7-8-17(20)3/h7-14H,4-6,15H2,1-3H3,(H,26,28)(H,25,27,29). The number of H-pyrrole nitrogens is 1. The molecule has 1 aromatic heterocycles. The molecule has 0 spiro atoms. The first-order valence-corrected chi connectivity index (χ1v) is 13.1. The molecule has 1 heterocycles. The summed E-state index contributed by atoms with van der Waals surface area (Å²) in [5.41, 5.74) is 2.98. The molecule has 0 aliphatic rings. The molecule has 3 aromatic rings. The van der Waals surface area contributed by atoms with E-state index in [1.165, 1.54) is 12.1 Å². The average molecular weight is 486 g/mol. The van der Waals surface area contributed by atoms with Crippen LogP contribution in [0.3, 0.4) is 0 Å². The number of sulfone groups is 1. The lowest BCUT2D eigenvalue weighted by molar-refractivity contribution is -0.113. The zero-order valence-corrected chi connectivity index (χ0v) is 20.5. The summed E-state index contributed by atoms with van der Waals surface area (Å²) in [6.07, 6.45) is 4.00. The number of anilines is 1. The molecule has 0 saturated carbocycles. The first-order valence-electron chi connectivity index (χ1n) is 10.6. The van der Waals surface area contributed by atoms with Crippen molar-refractivity contribution in [2.75, 3.05) is 11.1 Å². The number of hydrogen-bond donors (Lipinski definition) is 2. The van der Waals surface area contributed by atoms with Crippen LogP contribution >= 0.6 is 11.8 Å². The second-order valence-corrected chi connectivity index (χ2v) is 10.7. The molecule has 0 radical (unpaired) electrons. The van der Waals surface area contributed by atoms with Crippen LogP contribution in [-0.4, -0.2) is 30.0 Å². The molecule has 0 atom stereocenters. The second-order valence-electron chi connectivity index (χ2n) is 7.79. The Kier molecular flexibility index (Phi) is 8.10. The number of unbranched alkanes of at least 4 members (excludes halogenated alkanes) is 1. The number of aromatic amines is 1. The van der Waals surface area contributed by atoms with Gasteiger partial charge in [0, 0.05) is 5.69 Å². The largest absolute Gasteiger partial charge is 0.325 e. The summed E-state index contributed by atoms with van der Waals surface area (Å²) in [5.74, 6) is -0.238. The van der Waals surface area contributed by atoms with Crippen molar-refractivity contribution in [3.05, 3.63) is 75.7 Å². The van der Waals surface area contributed by atoms with Crippen molar-refractivity contribution < 1.29 is 13.2 Å². The fourth-order valence-electron chi connectivity index (χ4n) is 3.17. The second kappa shape index (κ2) is 10.8. The van der Waals surface area contributed by atoms with Crippen LogP contribution in [0.4, 0.5) is 5.69 Å². The molecule has 2 aromatic carbocycles. The van der Waals surface area contributed by atoms with Crippen LogP contribution in [0.2, 0.25) is 0 Å². The minimum Gasteiger partial charge on any atom is -0.325 e. The van der Waals surface area contributed by atoms with E-state index in [0.29, 0.717) is 0 Å². The van der Waals surface area contributed by atoms with Gasteiger partial charge >= 0.3 is 0 Å². The Morgan fingerprint density at radius 1 is 1.12 bits per heavy atom. The Balaban J connectivity index is 1.68. The summed E-state index contributed by atoms with van der Waals surface area (Å²) in [5, 5.41) is 3.01. The first kappa shape index (κ1) is 24.7. The van der Waals surface area contributed by atoms with Crippen LogP contribution in [0, 0.1) is 13.8 Å². The molecular formula is C24H27N3O4S2. The SMILES string of the molecule is CCCCc1ccc(S(=O)(=O)c2cnc(SCC(=O)Nc3cc(C)ccc3C)[nH]c2=O)cc1. The maximum atomic E-state index is 12.9. The van der Waals surface area contributed by atoms with E-state index in [9.17, 15) is 18.0 Å². The van der Waals surface area contributed by atoms with E-state index < -0.39 is 20.3 Å². The summed E-state index contributed by atoms with van der Waals surface area (Å²) in [7, 11) is -4.00. The molecule has 2 N–H and O–H groups in total. The van der Waals surface area contributed by atoms with Gasteiger partial charge in [0.25, 0.3) is 5.56 Å². The zero-order chi connectivity index (χ0) is 24.0. The van der Waals surface area contributed by atoms with Crippen molar-refractivity contribution in [1.82, 2.24) is 9.97 Å². The summed E-state index contributed by atoms with van der Waals surface area (Å²) in [6.45, 7) is 5.94. The third kappa shape index (κ3) is 6.33. The Bertz CT molecular complexity index is 1300. The fourth-order valence-corrected chi connectivity index (χ4v) is 5.03. The van der Waals surface area contributed by atoms with Crippen molar-refractivity contribution in [1.29, 1.82) is 0 Å². The highest BCUT2D eigenvalue weighted by atomic mass is 32.2. The van der Waals surface area contributed by atoms with Crippen LogP contribution in [-0.2, 0) is 21.1 Å². The van der Waals surface area contributed by atoms with Gasteiger partial charge in [-0.1, -0.05) is 49.4 Å². The van der Waals surface area contributed by atoms with Crippen LogP contribution in [0.25, 0.3) is 0 Å². The van der Waals surface area contributed by atoms with Gasteiger partial charge in [-0.25, -0.2) is 13.4 Å². The van der Waals surface area contributed by atoms with Crippen molar-refractivity contribution in [3.8, 4) is 0 Å². The first-order chi connectivity index (χ1) is 15.7. The number of rotatable bonds is 9. The lowest BCUT2D eigenvalue weighted by Gasteiger charge is -2.09. The molecule has 3 rings (SSSR count). The predicted octanol–water partition coefficient (Wildman–Crippen LogP) is 4.29. The molecule has 0 aliphatic heterocycles. The number of nitrogens with one attached hydrogen (secondary N) is 2. The molecule has 174 valence electrons. The lowest BCUT2D eigenvalue weighted by atomic mass is 10.1. The number of benzene rings is 2. The van der Waals surface area contributed by atoms with Crippen LogP contribution in [0.1, 0.15) is 36.5 Å². The van der Waals surface area contributed by atoms with Gasteiger partial charge in [-0.05, 0) is 61.6 Å². The number of amides is 1. The zero-order valence-electron chi connectivity index (χ0n) is 18.8. The van der Waals surface area contributed by atoms with Gasteiger partial charge in [0.05, 0.1) is 16.8 Å². The average Bonchev–Trinajstić information content (AvgIpc) is 2.79. The van der Waals surface area contributed by atoms with E-state index in [2.05, 4.69) is 22.2 Å². The molecule has 9 heteroatoms. The highest BCUT2D eigenvalue weighted by Crippen LogP contribution is 2.21. The Morgan fingerprint density at radius 2 is 1.85 bits per heavy atom. The van der Waals surface area contributed by atoms with Gasteiger partial charge in [0.2, 0.25) is 15.7 Å². The third-order valence-electron chi connectivity index (χ3n) is 5.09. The highest BCUT2D eigenvalue weighted by Gasteiger charge is 2.22. The molecular weight excluding hydrogens is 458 g/mol. The summed E-state index contributed by atoms with van der Waals surface area (Å²) in [6, 6.07) is 12.3.